The third kappa shape index (κ3) is 4.60. The van der Waals surface area contributed by atoms with E-state index in [9.17, 15) is 4.79 Å². The summed E-state index contributed by atoms with van der Waals surface area (Å²) in [4.78, 5) is 10.9. The average Bonchev–Trinajstić information content (AvgIpc) is 2.28. The average molecular weight is 261 g/mol. The lowest BCUT2D eigenvalue weighted by atomic mass is 10.2. The summed E-state index contributed by atoms with van der Waals surface area (Å²) in [5.74, 6) is -0.893. The largest absolute Gasteiger partial charge is 0.478 e. The van der Waals surface area contributed by atoms with Crippen LogP contribution in [0.25, 0.3) is 0 Å². The molecule has 0 radical (unpaired) electrons. The smallest absolute Gasteiger partial charge is 0.339 e. The first-order chi connectivity index (χ1) is 8.15. The van der Waals surface area contributed by atoms with Crippen molar-refractivity contribution in [2.45, 2.75) is 0 Å². The van der Waals surface area contributed by atoms with Gasteiger partial charge in [0.2, 0.25) is 0 Å². The van der Waals surface area contributed by atoms with Gasteiger partial charge < -0.3 is 19.3 Å². The topological polar surface area (TPSA) is 65.0 Å². The first-order valence-corrected chi connectivity index (χ1v) is 5.25. The molecule has 0 aliphatic heterocycles. The monoisotopic (exact) mass is 260 g/mol. The van der Waals surface area contributed by atoms with Gasteiger partial charge in [0.1, 0.15) is 11.3 Å². The van der Waals surface area contributed by atoms with Gasteiger partial charge >= 0.3 is 5.97 Å². The van der Waals surface area contributed by atoms with E-state index in [1.54, 1.807) is 7.11 Å². The number of hydrogen-bond acceptors (Lipinski definition) is 4. The predicted molar refractivity (Wildman–Crippen MR) is 61.7 cm³/mol. The highest BCUT2D eigenvalue weighted by Gasteiger charge is 2.11. The van der Waals surface area contributed by atoms with Crippen molar-refractivity contribution in [1.82, 2.24) is 0 Å². The molecular formula is C11H13ClO5. The summed E-state index contributed by atoms with van der Waals surface area (Å²) in [7, 11) is 1.56. The summed E-state index contributed by atoms with van der Waals surface area (Å²) in [6, 6.07) is 4.31. The minimum atomic E-state index is -1.08. The van der Waals surface area contributed by atoms with Crippen LogP contribution in [0.1, 0.15) is 10.4 Å². The molecule has 1 aromatic carbocycles. The van der Waals surface area contributed by atoms with E-state index in [1.807, 2.05) is 0 Å². The number of methoxy groups -OCH3 is 1. The molecule has 6 heteroatoms. The maximum Gasteiger partial charge on any atom is 0.339 e. The fourth-order valence-corrected chi connectivity index (χ4v) is 1.26. The second kappa shape index (κ2) is 7.11. The molecule has 0 aromatic heterocycles. The van der Waals surface area contributed by atoms with Crippen molar-refractivity contribution in [3.63, 3.8) is 0 Å². The van der Waals surface area contributed by atoms with Crippen molar-refractivity contribution in [2.75, 3.05) is 27.1 Å². The van der Waals surface area contributed by atoms with Crippen LogP contribution < -0.4 is 4.74 Å². The van der Waals surface area contributed by atoms with Crippen LogP contribution in [0.4, 0.5) is 0 Å². The van der Waals surface area contributed by atoms with Gasteiger partial charge in [-0.05, 0) is 18.2 Å². The molecule has 0 aliphatic carbocycles. The van der Waals surface area contributed by atoms with E-state index in [4.69, 9.17) is 30.9 Å². The van der Waals surface area contributed by atoms with Crippen LogP contribution in [0.5, 0.6) is 5.75 Å². The van der Waals surface area contributed by atoms with Crippen LogP contribution in [0.2, 0.25) is 5.02 Å². The molecule has 1 N–H and O–H groups in total. The Balaban J connectivity index is 2.56. The van der Waals surface area contributed by atoms with Gasteiger partial charge in [-0.2, -0.15) is 0 Å². The lowest BCUT2D eigenvalue weighted by Crippen LogP contribution is -2.10. The zero-order valence-corrected chi connectivity index (χ0v) is 10.1. The number of benzene rings is 1. The molecule has 0 amide bonds. The van der Waals surface area contributed by atoms with Gasteiger partial charge in [0.25, 0.3) is 0 Å². The molecule has 0 saturated heterocycles. The van der Waals surface area contributed by atoms with Crippen molar-refractivity contribution in [2.24, 2.45) is 0 Å². The summed E-state index contributed by atoms with van der Waals surface area (Å²) < 4.78 is 15.0. The number of aromatic carboxylic acids is 1. The Morgan fingerprint density at radius 3 is 2.82 bits per heavy atom. The molecule has 1 aromatic rings. The zero-order chi connectivity index (χ0) is 12.7. The SMILES string of the molecule is COCCOCOc1cc(Cl)ccc1C(=O)O. The Bertz CT molecular complexity index is 380. The number of ether oxygens (including phenoxy) is 3. The molecular weight excluding hydrogens is 248 g/mol. The van der Waals surface area contributed by atoms with E-state index in [-0.39, 0.29) is 18.1 Å². The predicted octanol–water partition coefficient (Wildman–Crippen LogP) is 2.04. The number of hydrogen-bond donors (Lipinski definition) is 1. The van der Waals surface area contributed by atoms with Gasteiger partial charge in [-0.15, -0.1) is 0 Å². The molecule has 0 saturated carbocycles. The number of halogens is 1. The zero-order valence-electron chi connectivity index (χ0n) is 9.31. The van der Waals surface area contributed by atoms with Crippen molar-refractivity contribution in [3.05, 3.63) is 28.8 Å². The number of rotatable bonds is 7. The van der Waals surface area contributed by atoms with Gasteiger partial charge in [0, 0.05) is 12.1 Å². The molecule has 0 aliphatic rings. The fraction of sp³-hybridized carbons (Fsp3) is 0.364. The van der Waals surface area contributed by atoms with Crippen LogP contribution in [0.15, 0.2) is 18.2 Å². The van der Waals surface area contributed by atoms with Crippen molar-refractivity contribution in [3.8, 4) is 5.75 Å². The second-order valence-corrected chi connectivity index (χ2v) is 3.55. The van der Waals surface area contributed by atoms with Gasteiger partial charge in [-0.25, -0.2) is 4.79 Å². The summed E-state index contributed by atoms with van der Waals surface area (Å²) in [6.45, 7) is 0.772. The van der Waals surface area contributed by atoms with Crippen molar-refractivity contribution >= 4 is 17.6 Å². The van der Waals surface area contributed by atoms with Crippen LogP contribution in [0, 0.1) is 0 Å². The Hall–Kier alpha value is -1.30. The third-order valence-electron chi connectivity index (χ3n) is 1.90. The first kappa shape index (κ1) is 13.8. The highest BCUT2D eigenvalue weighted by molar-refractivity contribution is 6.30. The lowest BCUT2D eigenvalue weighted by Gasteiger charge is -2.09. The molecule has 0 unspecified atom stereocenters. The van der Waals surface area contributed by atoms with Crippen LogP contribution in [-0.4, -0.2) is 38.2 Å². The minimum Gasteiger partial charge on any atom is -0.478 e. The summed E-state index contributed by atoms with van der Waals surface area (Å²) >= 11 is 5.75. The Labute approximate surface area is 104 Å². The second-order valence-electron chi connectivity index (χ2n) is 3.11. The summed E-state index contributed by atoms with van der Waals surface area (Å²) in [5, 5.41) is 9.32. The van der Waals surface area contributed by atoms with Crippen molar-refractivity contribution in [1.29, 1.82) is 0 Å². The molecule has 0 spiro atoms. The lowest BCUT2D eigenvalue weighted by molar-refractivity contribution is -0.00896. The van der Waals surface area contributed by atoms with Crippen molar-refractivity contribution < 1.29 is 24.1 Å². The van der Waals surface area contributed by atoms with E-state index in [0.717, 1.165) is 0 Å². The van der Waals surface area contributed by atoms with Gasteiger partial charge in [-0.3, -0.25) is 0 Å². The number of carboxylic acids is 1. The molecule has 94 valence electrons. The van der Waals surface area contributed by atoms with E-state index >= 15 is 0 Å². The molecule has 0 heterocycles. The molecule has 1 rings (SSSR count). The summed E-state index contributed by atoms with van der Waals surface area (Å²) in [6.07, 6.45) is 0. The van der Waals surface area contributed by atoms with E-state index in [2.05, 4.69) is 0 Å². The fourth-order valence-electron chi connectivity index (χ4n) is 1.10. The maximum absolute atomic E-state index is 10.9. The minimum absolute atomic E-state index is 0.0461. The quantitative estimate of drug-likeness (QED) is 0.600. The van der Waals surface area contributed by atoms with Crippen LogP contribution >= 0.6 is 11.6 Å². The van der Waals surface area contributed by atoms with Gasteiger partial charge in [-0.1, -0.05) is 11.6 Å². The Kier molecular flexibility index (Phi) is 5.76. The van der Waals surface area contributed by atoms with Gasteiger partial charge in [0.05, 0.1) is 13.2 Å². The first-order valence-electron chi connectivity index (χ1n) is 4.87. The molecule has 5 nitrogen and oxygen atoms in total. The van der Waals surface area contributed by atoms with Crippen LogP contribution in [0.3, 0.4) is 0 Å². The Morgan fingerprint density at radius 2 is 2.18 bits per heavy atom. The highest BCUT2D eigenvalue weighted by atomic mass is 35.5. The summed E-state index contributed by atoms with van der Waals surface area (Å²) in [5.41, 5.74) is 0.0461. The normalized spacial score (nSPS) is 10.2. The Morgan fingerprint density at radius 1 is 1.41 bits per heavy atom. The van der Waals surface area contributed by atoms with E-state index in [1.165, 1.54) is 18.2 Å². The van der Waals surface area contributed by atoms with E-state index in [0.29, 0.717) is 18.2 Å². The number of carboxylic acid groups (broad SMARTS) is 1. The molecule has 17 heavy (non-hydrogen) atoms. The molecule has 0 fully saturated rings. The van der Waals surface area contributed by atoms with E-state index < -0.39 is 5.97 Å². The molecule has 0 bridgehead atoms. The number of carbonyl (C=O) groups is 1. The molecule has 0 atom stereocenters. The van der Waals surface area contributed by atoms with Crippen LogP contribution in [-0.2, 0) is 9.47 Å². The third-order valence-corrected chi connectivity index (χ3v) is 2.14. The highest BCUT2D eigenvalue weighted by Crippen LogP contribution is 2.23. The van der Waals surface area contributed by atoms with Gasteiger partial charge in [0.15, 0.2) is 6.79 Å². The standard InChI is InChI=1S/C11H13ClO5/c1-15-4-5-16-7-17-10-6-8(12)2-3-9(10)11(13)14/h2-3,6H,4-5,7H2,1H3,(H,13,14). The maximum atomic E-state index is 10.9.